The van der Waals surface area contributed by atoms with Gasteiger partial charge in [0.2, 0.25) is 11.8 Å². The predicted octanol–water partition coefficient (Wildman–Crippen LogP) is 11.2. The molecular formula is C50H56N4O2. The highest BCUT2D eigenvalue weighted by atomic mass is 16.2. The summed E-state index contributed by atoms with van der Waals surface area (Å²) in [6.07, 6.45) is 0.969. The third kappa shape index (κ3) is 10.9. The molecular weight excluding hydrogens is 689 g/mol. The number of likely N-dealkylation sites (tertiary alicyclic amines) is 1. The third-order valence-corrected chi connectivity index (χ3v) is 9.70. The number of para-hydroxylation sites is 4. The van der Waals surface area contributed by atoms with E-state index in [9.17, 15) is 9.59 Å². The van der Waals surface area contributed by atoms with Crippen LogP contribution in [-0.2, 0) is 9.59 Å². The molecule has 1 aliphatic rings. The molecule has 7 rings (SSSR count). The zero-order valence-corrected chi connectivity index (χ0v) is 33.3. The van der Waals surface area contributed by atoms with E-state index in [1.807, 2.05) is 149 Å². The van der Waals surface area contributed by atoms with Crippen molar-refractivity contribution in [1.82, 2.24) is 9.80 Å². The summed E-state index contributed by atoms with van der Waals surface area (Å²) < 4.78 is 0. The number of hydrogen-bond acceptors (Lipinski definition) is 4. The number of nitrogens with zero attached hydrogens (tertiary/aromatic N) is 4. The first-order chi connectivity index (χ1) is 27.6. The lowest BCUT2D eigenvalue weighted by Gasteiger charge is -2.32. The monoisotopic (exact) mass is 744 g/mol. The maximum atomic E-state index is 14.5. The molecule has 0 bridgehead atoms. The zero-order chi connectivity index (χ0) is 39.5. The van der Waals surface area contributed by atoms with E-state index in [2.05, 4.69) is 70.5 Å². The van der Waals surface area contributed by atoms with Crippen LogP contribution in [0.4, 0.5) is 22.7 Å². The minimum absolute atomic E-state index is 0.0857. The van der Waals surface area contributed by atoms with Gasteiger partial charge in [0, 0.05) is 35.8 Å². The van der Waals surface area contributed by atoms with Crippen molar-refractivity contribution in [2.75, 3.05) is 42.5 Å². The van der Waals surface area contributed by atoms with Crippen molar-refractivity contribution in [3.63, 3.8) is 0 Å². The Morgan fingerprint density at radius 1 is 0.500 bits per heavy atom. The molecule has 0 saturated carbocycles. The Labute approximate surface area is 334 Å². The molecule has 2 amide bonds. The van der Waals surface area contributed by atoms with Crippen LogP contribution in [0.2, 0.25) is 0 Å². The minimum atomic E-state index is -0.0857. The van der Waals surface area contributed by atoms with Gasteiger partial charge in [0.25, 0.3) is 0 Å². The van der Waals surface area contributed by atoms with Crippen molar-refractivity contribution < 1.29 is 9.59 Å². The topological polar surface area (TPSA) is 47.1 Å². The van der Waals surface area contributed by atoms with E-state index in [1.54, 1.807) is 9.80 Å². The molecule has 0 aliphatic carbocycles. The lowest BCUT2D eigenvalue weighted by molar-refractivity contribution is -0.122. The summed E-state index contributed by atoms with van der Waals surface area (Å²) in [5.41, 5.74) is 5.70. The Morgan fingerprint density at radius 2 is 0.804 bits per heavy atom. The number of benzene rings is 6. The van der Waals surface area contributed by atoms with Gasteiger partial charge < -0.3 is 0 Å². The van der Waals surface area contributed by atoms with Crippen molar-refractivity contribution >= 4 is 34.6 Å². The van der Waals surface area contributed by atoms with Crippen LogP contribution in [-0.4, -0.2) is 54.3 Å². The van der Waals surface area contributed by atoms with Crippen molar-refractivity contribution in [2.24, 2.45) is 5.92 Å². The number of rotatable bonds is 13. The predicted molar refractivity (Wildman–Crippen MR) is 234 cm³/mol. The lowest BCUT2D eigenvalue weighted by Crippen LogP contribution is -2.45. The zero-order valence-electron chi connectivity index (χ0n) is 33.3. The fraction of sp³-hybridized carbons (Fsp3) is 0.240. The second kappa shape index (κ2) is 21.9. The van der Waals surface area contributed by atoms with Gasteiger partial charge in [-0.05, 0) is 78.5 Å². The van der Waals surface area contributed by atoms with Gasteiger partial charge in [0.1, 0.15) is 0 Å². The highest BCUT2D eigenvalue weighted by molar-refractivity contribution is 6.03. The number of carbonyl (C=O) groups excluding carboxylic acids is 2. The average molecular weight is 745 g/mol. The Bertz CT molecular complexity index is 1780. The summed E-state index contributed by atoms with van der Waals surface area (Å²) in [7, 11) is 0. The van der Waals surface area contributed by atoms with Crippen LogP contribution in [0.25, 0.3) is 0 Å². The van der Waals surface area contributed by atoms with Crippen molar-refractivity contribution in [3.8, 4) is 0 Å². The van der Waals surface area contributed by atoms with Gasteiger partial charge in [-0.15, -0.1) is 0 Å². The molecule has 0 spiro atoms. The summed E-state index contributed by atoms with van der Waals surface area (Å²) >= 11 is 0. The molecule has 1 aliphatic heterocycles. The van der Waals surface area contributed by atoms with Gasteiger partial charge >= 0.3 is 0 Å². The fourth-order valence-electron chi connectivity index (χ4n) is 7.39. The SMILES string of the molecule is CC.CC.O=C(CN(CC(=O)N(c1ccccc1)c1ccccc1)CC1CCN(C(c2ccccc2)c2ccccc2)C1)N(c1ccccc1)c1ccccc1. The van der Waals surface area contributed by atoms with Gasteiger partial charge in [-0.25, -0.2) is 0 Å². The molecule has 0 radical (unpaired) electrons. The van der Waals surface area contributed by atoms with E-state index in [4.69, 9.17) is 0 Å². The minimum Gasteiger partial charge on any atom is -0.292 e. The van der Waals surface area contributed by atoms with E-state index >= 15 is 0 Å². The van der Waals surface area contributed by atoms with Crippen LogP contribution in [0, 0.1) is 5.92 Å². The Kier molecular flexibility index (Phi) is 16.2. The number of hydrogen-bond donors (Lipinski definition) is 0. The number of carbonyl (C=O) groups is 2. The molecule has 6 aromatic rings. The molecule has 6 nitrogen and oxygen atoms in total. The third-order valence-electron chi connectivity index (χ3n) is 9.70. The average Bonchev–Trinajstić information content (AvgIpc) is 3.72. The van der Waals surface area contributed by atoms with E-state index in [-0.39, 0.29) is 36.9 Å². The van der Waals surface area contributed by atoms with Gasteiger partial charge in [-0.2, -0.15) is 0 Å². The summed E-state index contributed by atoms with van der Waals surface area (Å²) in [5, 5.41) is 0. The molecule has 1 saturated heterocycles. The first kappa shape index (κ1) is 41.3. The van der Waals surface area contributed by atoms with Crippen molar-refractivity contribution in [1.29, 1.82) is 0 Å². The number of anilines is 4. The summed E-state index contributed by atoms with van der Waals surface area (Å²) in [6.45, 7) is 10.6. The maximum Gasteiger partial charge on any atom is 0.245 e. The van der Waals surface area contributed by atoms with E-state index in [1.165, 1.54) is 11.1 Å². The summed E-state index contributed by atoms with van der Waals surface area (Å²) in [6, 6.07) is 60.5. The highest BCUT2D eigenvalue weighted by Crippen LogP contribution is 2.34. The van der Waals surface area contributed by atoms with Crippen molar-refractivity contribution in [2.45, 2.75) is 40.2 Å². The Hall–Kier alpha value is -5.82. The second-order valence-electron chi connectivity index (χ2n) is 13.3. The lowest BCUT2D eigenvalue weighted by atomic mass is 9.97. The second-order valence-corrected chi connectivity index (χ2v) is 13.3. The van der Waals surface area contributed by atoms with Gasteiger partial charge in [0.15, 0.2) is 0 Å². The smallest absolute Gasteiger partial charge is 0.245 e. The molecule has 1 fully saturated rings. The van der Waals surface area contributed by atoms with Gasteiger partial charge in [-0.1, -0.05) is 161 Å². The van der Waals surface area contributed by atoms with Crippen molar-refractivity contribution in [3.05, 3.63) is 193 Å². The molecule has 6 heteroatoms. The van der Waals surface area contributed by atoms with Crippen LogP contribution in [0.5, 0.6) is 0 Å². The van der Waals surface area contributed by atoms with E-state index in [0.717, 1.165) is 42.3 Å². The molecule has 1 atom stereocenters. The first-order valence-corrected chi connectivity index (χ1v) is 20.1. The quantitative estimate of drug-likeness (QED) is 0.118. The van der Waals surface area contributed by atoms with Crippen LogP contribution in [0.15, 0.2) is 182 Å². The Morgan fingerprint density at radius 3 is 1.12 bits per heavy atom. The maximum absolute atomic E-state index is 14.5. The van der Waals surface area contributed by atoms with E-state index in [0.29, 0.717) is 6.54 Å². The highest BCUT2D eigenvalue weighted by Gasteiger charge is 2.33. The molecule has 0 aromatic heterocycles. The molecule has 56 heavy (non-hydrogen) atoms. The molecule has 1 unspecified atom stereocenters. The molecule has 0 N–H and O–H groups in total. The largest absolute Gasteiger partial charge is 0.292 e. The van der Waals surface area contributed by atoms with Crippen LogP contribution in [0.1, 0.15) is 51.3 Å². The molecule has 6 aromatic carbocycles. The van der Waals surface area contributed by atoms with Crippen LogP contribution >= 0.6 is 0 Å². The summed E-state index contributed by atoms with van der Waals surface area (Å²) in [5.74, 6) is 0.0919. The standard InChI is InChI=1S/C46H44N4O2.2C2H6/c51-44(49(40-23-11-3-12-24-40)41-25-13-4-14-26-41)35-47(36-45(52)50(42-27-15-5-16-28-42)43-29-17-6-18-30-43)33-37-31-32-48(34-37)46(38-19-7-1-8-20-38)39-21-9-2-10-22-39;2*1-2/h1-30,37,46H,31-36H2;2*1-2H3. The number of amides is 2. The first-order valence-electron chi connectivity index (χ1n) is 20.1. The normalized spacial score (nSPS) is 13.6. The molecule has 1 heterocycles. The summed E-state index contributed by atoms with van der Waals surface area (Å²) in [4.78, 5) is 37.2. The van der Waals surface area contributed by atoms with E-state index < -0.39 is 0 Å². The fourth-order valence-corrected chi connectivity index (χ4v) is 7.39. The van der Waals surface area contributed by atoms with Crippen LogP contribution < -0.4 is 9.80 Å². The van der Waals surface area contributed by atoms with Crippen LogP contribution in [0.3, 0.4) is 0 Å². The van der Waals surface area contributed by atoms with Gasteiger partial charge in [-0.3, -0.25) is 29.2 Å². The molecule has 288 valence electrons. The Balaban J connectivity index is 0.00000145. The van der Waals surface area contributed by atoms with Gasteiger partial charge in [0.05, 0.1) is 19.1 Å².